The molecular weight excluding hydrogens is 169 g/mol. The molecular formula is C5H7BFO3P. The van der Waals surface area contributed by atoms with Crippen molar-refractivity contribution in [3.8, 4) is 0 Å². The zero-order valence-electron chi connectivity index (χ0n) is 5.99. The van der Waals surface area contributed by atoms with Crippen molar-refractivity contribution in [2.45, 2.75) is 12.3 Å². The van der Waals surface area contributed by atoms with Crippen LogP contribution in [0.15, 0.2) is 11.9 Å². The van der Waals surface area contributed by atoms with Crippen LogP contribution in [0.5, 0.6) is 0 Å². The van der Waals surface area contributed by atoms with Gasteiger partial charge < -0.3 is 9.47 Å². The molecule has 0 aromatic carbocycles. The molecule has 0 N–H and O–H groups in total. The summed E-state index contributed by atoms with van der Waals surface area (Å²) in [6.07, 6.45) is 0.586. The molecule has 6 heteroatoms. The maximum absolute atomic E-state index is 12.6. The van der Waals surface area contributed by atoms with Gasteiger partial charge in [0.15, 0.2) is 14.8 Å². The highest BCUT2D eigenvalue weighted by atomic mass is 31.1. The summed E-state index contributed by atoms with van der Waals surface area (Å²) < 4.78 is 32.3. The van der Waals surface area contributed by atoms with Crippen LogP contribution >= 0.6 is 8.46 Å². The highest BCUT2D eigenvalue weighted by molar-refractivity contribution is 7.23. The van der Waals surface area contributed by atoms with Gasteiger partial charge in [-0.2, -0.15) is 0 Å². The maximum Gasteiger partial charge on any atom is 0.184 e. The van der Waals surface area contributed by atoms with E-state index in [-0.39, 0.29) is 20.6 Å². The molecule has 1 aliphatic rings. The van der Waals surface area contributed by atoms with Crippen LogP contribution in [0.3, 0.4) is 0 Å². The summed E-state index contributed by atoms with van der Waals surface area (Å²) in [5.41, 5.74) is 0. The van der Waals surface area contributed by atoms with Crippen LogP contribution < -0.4 is 0 Å². The van der Waals surface area contributed by atoms with Crippen LogP contribution in [-0.2, 0) is 14.0 Å². The van der Waals surface area contributed by atoms with Crippen LogP contribution in [0.1, 0.15) is 0 Å². The zero-order valence-corrected chi connectivity index (χ0v) is 6.88. The van der Waals surface area contributed by atoms with Crippen LogP contribution in [0.25, 0.3) is 0 Å². The molecule has 1 heterocycles. The number of ether oxygens (including phenoxy) is 2. The number of rotatable bonds is 3. The second-order valence-electron chi connectivity index (χ2n) is 2.12. The van der Waals surface area contributed by atoms with E-state index < -0.39 is 12.3 Å². The van der Waals surface area contributed by atoms with E-state index in [1.807, 2.05) is 0 Å². The van der Waals surface area contributed by atoms with E-state index >= 15 is 0 Å². The average Bonchev–Trinajstić information content (AvgIpc) is 2.28. The Kier molecular flexibility index (Phi) is 3.18. The monoisotopic (exact) mass is 176 g/mol. The van der Waals surface area contributed by atoms with E-state index in [9.17, 15) is 8.96 Å². The number of hydrogen-bond donors (Lipinski definition) is 0. The van der Waals surface area contributed by atoms with Gasteiger partial charge in [-0.15, -0.1) is 0 Å². The first kappa shape index (κ1) is 8.85. The van der Waals surface area contributed by atoms with Crippen molar-refractivity contribution in [1.82, 2.24) is 0 Å². The third kappa shape index (κ3) is 2.36. The molecule has 0 saturated carbocycles. The van der Waals surface area contributed by atoms with Gasteiger partial charge in [0.05, 0.1) is 6.00 Å². The molecule has 0 aliphatic carbocycles. The lowest BCUT2D eigenvalue weighted by Crippen LogP contribution is -2.15. The van der Waals surface area contributed by atoms with Gasteiger partial charge in [-0.25, -0.2) is 4.39 Å². The Morgan fingerprint density at radius 2 is 2.64 bits per heavy atom. The molecule has 0 aromatic heterocycles. The smallest absolute Gasteiger partial charge is 0.184 e. The van der Waals surface area contributed by atoms with Crippen molar-refractivity contribution in [3.63, 3.8) is 0 Å². The first-order chi connectivity index (χ1) is 5.24. The van der Waals surface area contributed by atoms with Gasteiger partial charge in [-0.05, 0) is 0 Å². The normalized spacial score (nSPS) is 30.8. The Hall–Kier alpha value is -0.245. The topological polar surface area (TPSA) is 35.5 Å². The zero-order chi connectivity index (χ0) is 8.27. The van der Waals surface area contributed by atoms with E-state index in [4.69, 9.17) is 9.47 Å². The third-order valence-corrected chi connectivity index (χ3v) is 1.57. The van der Waals surface area contributed by atoms with E-state index in [1.54, 1.807) is 7.85 Å². The van der Waals surface area contributed by atoms with Crippen molar-refractivity contribution in [3.05, 3.63) is 11.9 Å². The van der Waals surface area contributed by atoms with Crippen LogP contribution in [-0.4, -0.2) is 26.5 Å². The average molecular weight is 176 g/mol. The molecule has 0 bridgehead atoms. The molecule has 2 atom stereocenters. The molecule has 0 saturated heterocycles. The molecule has 0 unspecified atom stereocenters. The summed E-state index contributed by atoms with van der Waals surface area (Å²) in [7, 11) is 1.46. The van der Waals surface area contributed by atoms with Crippen molar-refractivity contribution in [2.24, 2.45) is 0 Å². The van der Waals surface area contributed by atoms with Crippen molar-refractivity contribution in [2.75, 3.05) is 6.35 Å². The molecule has 3 nitrogen and oxygen atoms in total. The standard InChI is InChI=1S/C5H7BFO3P/c6-5-3(7)1-4(10-5)9-2-11-8/h1,4-5H,2,6H2/t4-,5+/m0/s1. The lowest BCUT2D eigenvalue weighted by Gasteiger charge is -2.08. The minimum Gasteiger partial charge on any atom is -0.348 e. The van der Waals surface area contributed by atoms with E-state index in [0.717, 1.165) is 0 Å². The van der Waals surface area contributed by atoms with Gasteiger partial charge in [0.25, 0.3) is 0 Å². The molecule has 0 aromatic rings. The van der Waals surface area contributed by atoms with E-state index in [0.29, 0.717) is 0 Å². The molecule has 11 heavy (non-hydrogen) atoms. The first-order valence-corrected chi connectivity index (χ1v) is 4.17. The van der Waals surface area contributed by atoms with Crippen LogP contribution in [0.2, 0.25) is 0 Å². The summed E-state index contributed by atoms with van der Waals surface area (Å²) in [5.74, 6) is -0.336. The molecule has 0 amide bonds. The quantitative estimate of drug-likeness (QED) is 0.461. The Labute approximate surface area is 66.2 Å². The molecule has 0 fully saturated rings. The van der Waals surface area contributed by atoms with Crippen molar-refractivity contribution in [1.29, 1.82) is 0 Å². The summed E-state index contributed by atoms with van der Waals surface area (Å²) in [6, 6.07) is -0.539. The molecule has 1 rings (SSSR count). The molecule has 60 valence electrons. The summed E-state index contributed by atoms with van der Waals surface area (Å²) in [6.45, 7) is 0. The summed E-state index contributed by atoms with van der Waals surface area (Å²) >= 11 is 0. The Morgan fingerprint density at radius 3 is 3.09 bits per heavy atom. The van der Waals surface area contributed by atoms with Gasteiger partial charge in [0, 0.05) is 6.08 Å². The fourth-order valence-corrected chi connectivity index (χ4v) is 0.970. The van der Waals surface area contributed by atoms with Gasteiger partial charge in [-0.3, -0.25) is 4.57 Å². The molecule has 1 aliphatic heterocycles. The van der Waals surface area contributed by atoms with Gasteiger partial charge in [-0.1, -0.05) is 0 Å². The Balaban J connectivity index is 2.34. The fourth-order valence-electron chi connectivity index (χ4n) is 0.762. The number of halogens is 1. The van der Waals surface area contributed by atoms with Crippen molar-refractivity contribution < 1.29 is 18.4 Å². The van der Waals surface area contributed by atoms with Gasteiger partial charge in [0.1, 0.15) is 20.0 Å². The second kappa shape index (κ2) is 3.95. The predicted octanol–water partition coefficient (Wildman–Crippen LogP) is 0.421. The lowest BCUT2D eigenvalue weighted by atomic mass is 10.0. The van der Waals surface area contributed by atoms with Crippen LogP contribution in [0.4, 0.5) is 4.39 Å². The second-order valence-corrected chi connectivity index (χ2v) is 2.64. The van der Waals surface area contributed by atoms with Gasteiger partial charge >= 0.3 is 0 Å². The maximum atomic E-state index is 12.6. The van der Waals surface area contributed by atoms with E-state index in [1.165, 1.54) is 6.08 Å². The summed E-state index contributed by atoms with van der Waals surface area (Å²) in [4.78, 5) is 0. The van der Waals surface area contributed by atoms with Crippen LogP contribution in [0, 0.1) is 0 Å². The molecule has 0 radical (unpaired) electrons. The number of hydrogen-bond acceptors (Lipinski definition) is 3. The highest BCUT2D eigenvalue weighted by Crippen LogP contribution is 2.19. The fraction of sp³-hybridized carbons (Fsp3) is 0.600. The van der Waals surface area contributed by atoms with Crippen molar-refractivity contribution >= 4 is 16.3 Å². The Bertz CT molecular complexity index is 187. The minimum atomic E-state index is -0.675. The third-order valence-electron chi connectivity index (χ3n) is 1.31. The largest absolute Gasteiger partial charge is 0.348 e. The SMILES string of the molecule is B[C@@H]1O[C@H](OCP=O)C=C1F. The first-order valence-electron chi connectivity index (χ1n) is 3.17. The minimum absolute atomic E-state index is 0.0289. The molecule has 0 spiro atoms. The highest BCUT2D eigenvalue weighted by Gasteiger charge is 2.23. The lowest BCUT2D eigenvalue weighted by molar-refractivity contribution is -0.0877. The Morgan fingerprint density at radius 1 is 1.91 bits per heavy atom. The summed E-state index contributed by atoms with van der Waals surface area (Å²) in [5, 5.41) is 0. The predicted molar refractivity (Wildman–Crippen MR) is 40.0 cm³/mol. The van der Waals surface area contributed by atoms with Gasteiger partial charge in [0.2, 0.25) is 0 Å². The van der Waals surface area contributed by atoms with E-state index in [2.05, 4.69) is 0 Å².